The Kier molecular flexibility index (Phi) is 4.73. The van der Waals surface area contributed by atoms with Crippen LogP contribution in [0.1, 0.15) is 16.7 Å². The van der Waals surface area contributed by atoms with E-state index in [9.17, 15) is 13.2 Å². The van der Waals surface area contributed by atoms with E-state index >= 15 is 0 Å². The van der Waals surface area contributed by atoms with Gasteiger partial charge in [0.15, 0.2) is 0 Å². The molecule has 0 bridgehead atoms. The van der Waals surface area contributed by atoms with Crippen LogP contribution in [0.2, 0.25) is 5.02 Å². The fraction of sp³-hybridized carbons (Fsp3) is 0.125. The van der Waals surface area contributed by atoms with Crippen molar-refractivity contribution in [3.8, 4) is 0 Å². The summed E-state index contributed by atoms with van der Waals surface area (Å²) in [5, 5.41) is 1.67. The molecule has 0 aliphatic carbocycles. The minimum absolute atomic E-state index is 0. The van der Waals surface area contributed by atoms with E-state index in [1.54, 1.807) is 6.07 Å². The first-order chi connectivity index (χ1) is 9.93. The largest absolute Gasteiger partial charge is 0.416 e. The molecule has 0 aliphatic rings. The quantitative estimate of drug-likeness (QED) is 0.599. The maximum atomic E-state index is 12.5. The van der Waals surface area contributed by atoms with E-state index in [1.807, 2.05) is 18.3 Å². The van der Waals surface area contributed by atoms with Crippen LogP contribution in [0.4, 0.5) is 13.2 Å². The van der Waals surface area contributed by atoms with Gasteiger partial charge in [-0.05, 0) is 41.8 Å². The lowest BCUT2D eigenvalue weighted by Gasteiger charge is -2.07. The molecule has 0 amide bonds. The monoisotopic (exact) mass is 345 g/mol. The number of nitrogens with one attached hydrogen (secondary N) is 1. The Hall–Kier alpha value is -1.65. The molecule has 0 saturated heterocycles. The highest BCUT2D eigenvalue weighted by atomic mass is 35.5. The number of aromatic amines is 1. The van der Waals surface area contributed by atoms with Crippen molar-refractivity contribution in [2.75, 3.05) is 0 Å². The standard InChI is InChI=1S/C16H11ClF3N.ClH/c17-13-5-6-14-11(9-21-15(14)8-13)7-10-1-3-12(4-2-10)16(18,19)20;/h1-6,8-9,21H,7H2;1H. The van der Waals surface area contributed by atoms with E-state index in [2.05, 4.69) is 4.98 Å². The molecule has 1 heterocycles. The second-order valence-electron chi connectivity index (χ2n) is 4.88. The molecular formula is C16H12Cl2F3N. The SMILES string of the molecule is Cl.FC(F)(F)c1ccc(Cc2c[nH]c3cc(Cl)ccc23)cc1. The summed E-state index contributed by atoms with van der Waals surface area (Å²) in [5.41, 5.74) is 2.15. The second kappa shape index (κ2) is 6.23. The first kappa shape index (κ1) is 16.7. The maximum Gasteiger partial charge on any atom is 0.416 e. The number of rotatable bonds is 2. The van der Waals surface area contributed by atoms with Gasteiger partial charge in [-0.25, -0.2) is 0 Å². The van der Waals surface area contributed by atoms with Gasteiger partial charge in [0.05, 0.1) is 5.56 Å². The Morgan fingerprint density at radius 1 is 1.00 bits per heavy atom. The molecule has 116 valence electrons. The Morgan fingerprint density at radius 3 is 2.32 bits per heavy atom. The number of fused-ring (bicyclic) bond motifs is 1. The average molecular weight is 346 g/mol. The summed E-state index contributed by atoms with van der Waals surface area (Å²) in [6, 6.07) is 10.8. The van der Waals surface area contributed by atoms with Crippen molar-refractivity contribution in [2.24, 2.45) is 0 Å². The normalized spacial score (nSPS) is 11.5. The van der Waals surface area contributed by atoms with Crippen molar-refractivity contribution in [3.05, 3.63) is 70.4 Å². The zero-order valence-electron chi connectivity index (χ0n) is 11.2. The van der Waals surface area contributed by atoms with E-state index in [0.29, 0.717) is 11.4 Å². The van der Waals surface area contributed by atoms with Crippen molar-refractivity contribution in [3.63, 3.8) is 0 Å². The third-order valence-electron chi connectivity index (χ3n) is 3.41. The van der Waals surface area contributed by atoms with Crippen LogP contribution < -0.4 is 0 Å². The highest BCUT2D eigenvalue weighted by Gasteiger charge is 2.29. The van der Waals surface area contributed by atoms with E-state index in [0.717, 1.165) is 34.2 Å². The van der Waals surface area contributed by atoms with Gasteiger partial charge in [-0.3, -0.25) is 0 Å². The van der Waals surface area contributed by atoms with Gasteiger partial charge >= 0.3 is 6.18 Å². The van der Waals surface area contributed by atoms with E-state index < -0.39 is 11.7 Å². The molecule has 6 heteroatoms. The highest BCUT2D eigenvalue weighted by molar-refractivity contribution is 6.31. The van der Waals surface area contributed by atoms with Crippen LogP contribution in [0.15, 0.2) is 48.7 Å². The van der Waals surface area contributed by atoms with Gasteiger partial charge < -0.3 is 4.98 Å². The second-order valence-corrected chi connectivity index (χ2v) is 5.31. The van der Waals surface area contributed by atoms with Crippen molar-refractivity contribution in [2.45, 2.75) is 12.6 Å². The lowest BCUT2D eigenvalue weighted by Crippen LogP contribution is -2.04. The third kappa shape index (κ3) is 3.39. The Balaban J connectivity index is 0.00000176. The molecular weight excluding hydrogens is 334 g/mol. The molecule has 0 fully saturated rings. The summed E-state index contributed by atoms with van der Waals surface area (Å²) in [7, 11) is 0. The molecule has 0 radical (unpaired) electrons. The fourth-order valence-electron chi connectivity index (χ4n) is 2.34. The molecule has 22 heavy (non-hydrogen) atoms. The van der Waals surface area contributed by atoms with Crippen LogP contribution in [0.25, 0.3) is 10.9 Å². The summed E-state index contributed by atoms with van der Waals surface area (Å²) < 4.78 is 37.6. The topological polar surface area (TPSA) is 15.8 Å². The number of alkyl halides is 3. The summed E-state index contributed by atoms with van der Waals surface area (Å²) >= 11 is 5.92. The molecule has 0 spiro atoms. The number of halogens is 5. The Morgan fingerprint density at radius 2 is 1.68 bits per heavy atom. The van der Waals surface area contributed by atoms with E-state index in [-0.39, 0.29) is 12.4 Å². The van der Waals surface area contributed by atoms with Gasteiger partial charge in [0, 0.05) is 22.1 Å². The van der Waals surface area contributed by atoms with Crippen molar-refractivity contribution < 1.29 is 13.2 Å². The summed E-state index contributed by atoms with van der Waals surface area (Å²) in [5.74, 6) is 0. The number of hydrogen-bond donors (Lipinski definition) is 1. The molecule has 0 unspecified atom stereocenters. The van der Waals surface area contributed by atoms with Gasteiger partial charge in [-0.1, -0.05) is 29.8 Å². The number of H-pyrrole nitrogens is 1. The van der Waals surface area contributed by atoms with Crippen molar-refractivity contribution >= 4 is 34.9 Å². The minimum atomic E-state index is -4.30. The summed E-state index contributed by atoms with van der Waals surface area (Å²) in [6.07, 6.45) is -1.87. The van der Waals surface area contributed by atoms with E-state index in [1.165, 1.54) is 12.1 Å². The summed E-state index contributed by atoms with van der Waals surface area (Å²) in [4.78, 5) is 3.12. The van der Waals surface area contributed by atoms with Crippen molar-refractivity contribution in [1.29, 1.82) is 0 Å². The molecule has 0 saturated carbocycles. The van der Waals surface area contributed by atoms with Crippen LogP contribution in [-0.4, -0.2) is 4.98 Å². The Bertz CT molecular complexity index is 776. The number of aromatic nitrogens is 1. The van der Waals surface area contributed by atoms with Crippen molar-refractivity contribution in [1.82, 2.24) is 4.98 Å². The lowest BCUT2D eigenvalue weighted by molar-refractivity contribution is -0.137. The zero-order valence-corrected chi connectivity index (χ0v) is 12.8. The first-order valence-electron chi connectivity index (χ1n) is 6.35. The molecule has 2 aromatic carbocycles. The summed E-state index contributed by atoms with van der Waals surface area (Å²) in [6.45, 7) is 0. The predicted molar refractivity (Wildman–Crippen MR) is 84.8 cm³/mol. The smallest absolute Gasteiger partial charge is 0.361 e. The van der Waals surface area contributed by atoms with Crippen LogP contribution >= 0.6 is 24.0 Å². The van der Waals surface area contributed by atoms with E-state index in [4.69, 9.17) is 11.6 Å². The molecule has 0 aliphatic heterocycles. The maximum absolute atomic E-state index is 12.5. The molecule has 3 rings (SSSR count). The third-order valence-corrected chi connectivity index (χ3v) is 3.64. The van der Waals surface area contributed by atoms with Crippen LogP contribution in [-0.2, 0) is 12.6 Å². The molecule has 3 aromatic rings. The number of hydrogen-bond acceptors (Lipinski definition) is 0. The van der Waals surface area contributed by atoms with Gasteiger partial charge in [0.25, 0.3) is 0 Å². The van der Waals surface area contributed by atoms with Gasteiger partial charge in [0.1, 0.15) is 0 Å². The Labute approximate surface area is 136 Å². The van der Waals surface area contributed by atoms with Gasteiger partial charge in [0.2, 0.25) is 0 Å². The number of benzene rings is 2. The fourth-order valence-corrected chi connectivity index (χ4v) is 2.51. The first-order valence-corrected chi connectivity index (χ1v) is 6.73. The van der Waals surface area contributed by atoms with Gasteiger partial charge in [-0.15, -0.1) is 12.4 Å². The van der Waals surface area contributed by atoms with Gasteiger partial charge in [-0.2, -0.15) is 13.2 Å². The average Bonchev–Trinajstić information content (AvgIpc) is 2.80. The van der Waals surface area contributed by atoms with Crippen LogP contribution in [0.5, 0.6) is 0 Å². The minimum Gasteiger partial charge on any atom is -0.361 e. The lowest BCUT2D eigenvalue weighted by atomic mass is 10.0. The highest BCUT2D eigenvalue weighted by Crippen LogP contribution is 2.30. The molecule has 1 N–H and O–H groups in total. The predicted octanol–water partition coefficient (Wildman–Crippen LogP) is 5.85. The van der Waals surface area contributed by atoms with Crippen LogP contribution in [0.3, 0.4) is 0 Å². The van der Waals surface area contributed by atoms with Crippen LogP contribution in [0, 0.1) is 0 Å². The zero-order chi connectivity index (χ0) is 15.0. The molecule has 1 aromatic heterocycles. The molecule has 1 nitrogen and oxygen atoms in total. The molecule has 0 atom stereocenters.